The van der Waals surface area contributed by atoms with E-state index in [1.54, 1.807) is 6.33 Å². The zero-order valence-electron chi connectivity index (χ0n) is 14.2. The van der Waals surface area contributed by atoms with Crippen molar-refractivity contribution in [2.24, 2.45) is 5.92 Å². The van der Waals surface area contributed by atoms with Gasteiger partial charge < -0.3 is 9.64 Å². The van der Waals surface area contributed by atoms with Gasteiger partial charge in [0.15, 0.2) is 0 Å². The molecular weight excluding hydrogens is 274 g/mol. The zero-order valence-corrected chi connectivity index (χ0v) is 14.2. The summed E-state index contributed by atoms with van der Waals surface area (Å²) >= 11 is 0. The van der Waals surface area contributed by atoms with Crippen LogP contribution in [0.3, 0.4) is 0 Å². The topological polar surface area (TPSA) is 38.2 Å². The largest absolute Gasteiger partial charge is 0.376 e. The van der Waals surface area contributed by atoms with Crippen LogP contribution in [0.5, 0.6) is 0 Å². The summed E-state index contributed by atoms with van der Waals surface area (Å²) in [5.74, 6) is 1.41. The average molecular weight is 303 g/mol. The quantitative estimate of drug-likeness (QED) is 0.859. The monoisotopic (exact) mass is 303 g/mol. The van der Waals surface area contributed by atoms with E-state index >= 15 is 0 Å². The van der Waals surface area contributed by atoms with Crippen molar-refractivity contribution in [1.82, 2.24) is 14.9 Å². The van der Waals surface area contributed by atoms with Crippen molar-refractivity contribution in [3.05, 3.63) is 23.8 Å². The number of ether oxygens (including phenoxy) is 1. The summed E-state index contributed by atoms with van der Waals surface area (Å²) < 4.78 is 5.84. The van der Waals surface area contributed by atoms with Gasteiger partial charge in [0.2, 0.25) is 0 Å². The molecule has 1 aromatic rings. The Morgan fingerprint density at radius 2 is 2.05 bits per heavy atom. The van der Waals surface area contributed by atoms with Crippen molar-refractivity contribution >= 4 is 0 Å². The second-order valence-electron chi connectivity index (χ2n) is 7.63. The molecule has 2 saturated heterocycles. The van der Waals surface area contributed by atoms with Crippen LogP contribution in [0.4, 0.5) is 0 Å². The van der Waals surface area contributed by atoms with E-state index in [2.05, 4.69) is 35.6 Å². The molecule has 0 aliphatic carbocycles. The third-order valence-electron chi connectivity index (χ3n) is 5.23. The van der Waals surface area contributed by atoms with Crippen molar-refractivity contribution < 1.29 is 4.74 Å². The number of hydrogen-bond acceptors (Lipinski definition) is 4. The number of piperidine rings is 1. The molecule has 3 rings (SSSR count). The summed E-state index contributed by atoms with van der Waals surface area (Å²) in [5.41, 5.74) is 2.58. The summed E-state index contributed by atoms with van der Waals surface area (Å²) in [4.78, 5) is 11.3. The summed E-state index contributed by atoms with van der Waals surface area (Å²) in [6, 6.07) is 0. The molecule has 122 valence electrons. The minimum absolute atomic E-state index is 0.0688. The van der Waals surface area contributed by atoms with Crippen molar-refractivity contribution in [1.29, 1.82) is 0 Å². The predicted molar refractivity (Wildman–Crippen MR) is 87.9 cm³/mol. The van der Waals surface area contributed by atoms with Crippen LogP contribution in [-0.4, -0.2) is 46.7 Å². The Hall–Kier alpha value is -1.00. The van der Waals surface area contributed by atoms with E-state index in [1.807, 2.05) is 6.20 Å². The standard InChI is InChI=1S/C18H29N3O/c1-14-11-19-13-20-17(14)16-4-7-21(8-5-16)12-15-6-9-22-18(2,3)10-15/h11,13,15-16H,4-10,12H2,1-3H3/t15-/m0/s1. The fraction of sp³-hybridized carbons (Fsp3) is 0.778. The van der Waals surface area contributed by atoms with E-state index in [-0.39, 0.29) is 5.60 Å². The summed E-state index contributed by atoms with van der Waals surface area (Å²) in [6.07, 6.45) is 8.50. The SMILES string of the molecule is Cc1cncnc1C1CCN(C[C@H]2CCOC(C)(C)C2)CC1. The van der Waals surface area contributed by atoms with Crippen LogP contribution in [0.25, 0.3) is 0 Å². The molecule has 0 amide bonds. The zero-order chi connectivity index (χ0) is 15.6. The number of aryl methyl sites for hydroxylation is 1. The van der Waals surface area contributed by atoms with E-state index in [0.29, 0.717) is 5.92 Å². The number of hydrogen-bond donors (Lipinski definition) is 0. The molecule has 0 radical (unpaired) electrons. The first-order valence-corrected chi connectivity index (χ1v) is 8.66. The molecule has 3 heterocycles. The van der Waals surface area contributed by atoms with Crippen LogP contribution >= 0.6 is 0 Å². The molecule has 0 unspecified atom stereocenters. The fourth-order valence-electron chi connectivity index (χ4n) is 4.10. The lowest BCUT2D eigenvalue weighted by Gasteiger charge is -2.39. The van der Waals surface area contributed by atoms with Crippen LogP contribution in [0.2, 0.25) is 0 Å². The van der Waals surface area contributed by atoms with Crippen LogP contribution in [0, 0.1) is 12.8 Å². The van der Waals surface area contributed by atoms with Gasteiger partial charge in [-0.05, 0) is 71.0 Å². The molecule has 0 N–H and O–H groups in total. The van der Waals surface area contributed by atoms with Crippen molar-refractivity contribution in [3.8, 4) is 0 Å². The van der Waals surface area contributed by atoms with Crippen LogP contribution < -0.4 is 0 Å². The lowest BCUT2D eigenvalue weighted by atomic mass is 9.86. The van der Waals surface area contributed by atoms with E-state index in [0.717, 1.165) is 12.5 Å². The first-order chi connectivity index (χ1) is 10.5. The number of aromatic nitrogens is 2. The normalized spacial score (nSPS) is 27.0. The highest BCUT2D eigenvalue weighted by molar-refractivity contribution is 5.18. The van der Waals surface area contributed by atoms with Gasteiger partial charge in [0, 0.05) is 31.0 Å². The smallest absolute Gasteiger partial charge is 0.115 e. The Labute approximate surface area is 134 Å². The van der Waals surface area contributed by atoms with Gasteiger partial charge in [-0.3, -0.25) is 0 Å². The summed E-state index contributed by atoms with van der Waals surface area (Å²) in [7, 11) is 0. The van der Waals surface area contributed by atoms with Gasteiger partial charge >= 0.3 is 0 Å². The maximum atomic E-state index is 5.84. The van der Waals surface area contributed by atoms with Crippen LogP contribution in [0.15, 0.2) is 12.5 Å². The number of nitrogens with zero attached hydrogens (tertiary/aromatic N) is 3. The average Bonchev–Trinajstić information content (AvgIpc) is 2.48. The molecule has 0 spiro atoms. The van der Waals surface area contributed by atoms with E-state index in [4.69, 9.17) is 4.74 Å². The van der Waals surface area contributed by atoms with E-state index in [9.17, 15) is 0 Å². The molecule has 22 heavy (non-hydrogen) atoms. The fourth-order valence-corrected chi connectivity index (χ4v) is 4.10. The lowest BCUT2D eigenvalue weighted by molar-refractivity contribution is -0.0775. The molecular formula is C18H29N3O. The first kappa shape index (κ1) is 15.9. The second kappa shape index (κ2) is 6.63. The van der Waals surface area contributed by atoms with Gasteiger partial charge in [-0.15, -0.1) is 0 Å². The highest BCUT2D eigenvalue weighted by Crippen LogP contribution is 2.32. The molecule has 0 saturated carbocycles. The highest BCUT2D eigenvalue weighted by Gasteiger charge is 2.31. The molecule has 2 fully saturated rings. The summed E-state index contributed by atoms with van der Waals surface area (Å²) in [5, 5.41) is 0. The van der Waals surface area contributed by atoms with Crippen molar-refractivity contribution in [2.75, 3.05) is 26.2 Å². The van der Waals surface area contributed by atoms with Gasteiger partial charge in [-0.2, -0.15) is 0 Å². The second-order valence-corrected chi connectivity index (χ2v) is 7.63. The Morgan fingerprint density at radius 1 is 1.27 bits per heavy atom. The number of likely N-dealkylation sites (tertiary alicyclic amines) is 1. The molecule has 4 nitrogen and oxygen atoms in total. The molecule has 1 aromatic heterocycles. The van der Waals surface area contributed by atoms with Crippen LogP contribution in [0.1, 0.15) is 56.7 Å². The Morgan fingerprint density at radius 3 is 2.73 bits per heavy atom. The molecule has 0 bridgehead atoms. The summed E-state index contributed by atoms with van der Waals surface area (Å²) in [6.45, 7) is 11.1. The molecule has 2 aliphatic heterocycles. The maximum absolute atomic E-state index is 5.84. The van der Waals surface area contributed by atoms with E-state index < -0.39 is 0 Å². The number of rotatable bonds is 3. The van der Waals surface area contributed by atoms with Gasteiger partial charge in [-0.1, -0.05) is 0 Å². The third kappa shape index (κ3) is 3.85. The molecule has 0 aromatic carbocycles. The van der Waals surface area contributed by atoms with Gasteiger partial charge in [-0.25, -0.2) is 9.97 Å². The van der Waals surface area contributed by atoms with Gasteiger partial charge in [0.1, 0.15) is 6.33 Å². The van der Waals surface area contributed by atoms with Gasteiger partial charge in [0.25, 0.3) is 0 Å². The molecule has 4 heteroatoms. The Balaban J connectivity index is 1.51. The first-order valence-electron chi connectivity index (χ1n) is 8.66. The Bertz CT molecular complexity index is 495. The third-order valence-corrected chi connectivity index (χ3v) is 5.23. The van der Waals surface area contributed by atoms with E-state index in [1.165, 1.54) is 56.6 Å². The predicted octanol–water partition coefficient (Wildman–Crippen LogP) is 3.17. The molecule has 2 aliphatic rings. The van der Waals surface area contributed by atoms with Gasteiger partial charge in [0.05, 0.1) is 5.60 Å². The minimum atomic E-state index is 0.0688. The van der Waals surface area contributed by atoms with Crippen molar-refractivity contribution in [3.63, 3.8) is 0 Å². The maximum Gasteiger partial charge on any atom is 0.115 e. The molecule has 1 atom stereocenters. The minimum Gasteiger partial charge on any atom is -0.376 e. The lowest BCUT2D eigenvalue weighted by Crippen LogP contribution is -2.42. The Kier molecular flexibility index (Phi) is 4.79. The van der Waals surface area contributed by atoms with Crippen LogP contribution in [-0.2, 0) is 4.74 Å². The van der Waals surface area contributed by atoms with Crippen molar-refractivity contribution in [2.45, 2.75) is 58.0 Å². The highest BCUT2D eigenvalue weighted by atomic mass is 16.5.